The number of aromatic nitrogens is 2. The largest absolute Gasteiger partial charge is 0.477 e. The monoisotopic (exact) mass is 252 g/mol. The molecule has 0 radical (unpaired) electrons. The number of carboxylic acids is 1. The van der Waals surface area contributed by atoms with Gasteiger partial charge in [-0.2, -0.15) is 0 Å². The van der Waals surface area contributed by atoms with E-state index >= 15 is 0 Å². The van der Waals surface area contributed by atoms with Gasteiger partial charge < -0.3 is 10.1 Å². The number of nitrogens with one attached hydrogen (secondary N) is 1. The number of fused-ring (bicyclic) bond motifs is 1. The molecule has 2 rings (SSSR count). The highest BCUT2D eigenvalue weighted by Crippen LogP contribution is 2.26. The van der Waals surface area contributed by atoms with E-state index in [9.17, 15) is 9.59 Å². The zero-order valence-electron chi connectivity index (χ0n) is 9.53. The summed E-state index contributed by atoms with van der Waals surface area (Å²) in [5.74, 6) is -0.398. The summed E-state index contributed by atoms with van der Waals surface area (Å²) in [5, 5.41) is 9.40. The van der Waals surface area contributed by atoms with Crippen LogP contribution in [0, 0.1) is 6.92 Å². The van der Waals surface area contributed by atoms with Gasteiger partial charge >= 0.3 is 5.97 Å². The van der Waals surface area contributed by atoms with Crippen LogP contribution in [-0.4, -0.2) is 21.0 Å². The molecule has 0 aliphatic heterocycles. The third-order valence-corrected chi connectivity index (χ3v) is 3.70. The van der Waals surface area contributed by atoms with Gasteiger partial charge in [-0.15, -0.1) is 11.3 Å². The Balaban J connectivity index is 2.74. The first-order valence-electron chi connectivity index (χ1n) is 5.30. The van der Waals surface area contributed by atoms with Crippen molar-refractivity contribution in [3.63, 3.8) is 0 Å². The Bertz CT molecular complexity index is 642. The Hall–Kier alpha value is -1.69. The molecule has 0 bridgehead atoms. The third kappa shape index (κ3) is 1.95. The van der Waals surface area contributed by atoms with Crippen molar-refractivity contribution in [3.05, 3.63) is 26.6 Å². The van der Waals surface area contributed by atoms with Crippen molar-refractivity contribution in [3.8, 4) is 0 Å². The van der Waals surface area contributed by atoms with Gasteiger partial charge in [-0.25, -0.2) is 9.78 Å². The van der Waals surface area contributed by atoms with Gasteiger partial charge in [0.15, 0.2) is 0 Å². The van der Waals surface area contributed by atoms with Gasteiger partial charge in [0.05, 0.1) is 5.39 Å². The minimum Gasteiger partial charge on any atom is -0.477 e. The number of rotatable bonds is 3. The van der Waals surface area contributed by atoms with Crippen molar-refractivity contribution in [1.82, 2.24) is 9.97 Å². The number of aromatic amines is 1. The van der Waals surface area contributed by atoms with E-state index in [1.165, 1.54) is 0 Å². The Labute approximate surface area is 101 Å². The van der Waals surface area contributed by atoms with Crippen LogP contribution < -0.4 is 5.56 Å². The fraction of sp³-hybridized carbons (Fsp3) is 0.364. The second-order valence-corrected chi connectivity index (χ2v) is 4.80. The lowest BCUT2D eigenvalue weighted by Crippen LogP contribution is -2.11. The first-order chi connectivity index (χ1) is 8.04. The van der Waals surface area contributed by atoms with Crippen molar-refractivity contribution in [2.75, 3.05) is 0 Å². The summed E-state index contributed by atoms with van der Waals surface area (Å²) in [7, 11) is 0. The van der Waals surface area contributed by atoms with Gasteiger partial charge in [-0.05, 0) is 18.9 Å². The maximum atomic E-state index is 11.8. The van der Waals surface area contributed by atoms with E-state index in [1.54, 1.807) is 6.92 Å². The molecule has 0 aromatic carbocycles. The molecule has 2 N–H and O–H groups in total. The zero-order valence-corrected chi connectivity index (χ0v) is 10.3. The number of hydrogen-bond acceptors (Lipinski definition) is 4. The molecule has 90 valence electrons. The molecule has 6 heteroatoms. The highest BCUT2D eigenvalue weighted by Gasteiger charge is 2.18. The molecule has 0 aliphatic rings. The van der Waals surface area contributed by atoms with E-state index < -0.39 is 5.97 Å². The van der Waals surface area contributed by atoms with E-state index in [0.717, 1.165) is 17.8 Å². The summed E-state index contributed by atoms with van der Waals surface area (Å²) in [4.78, 5) is 30.5. The van der Waals surface area contributed by atoms with E-state index in [1.807, 2.05) is 6.92 Å². The predicted molar refractivity (Wildman–Crippen MR) is 65.9 cm³/mol. The topological polar surface area (TPSA) is 83.0 Å². The molecule has 5 nitrogen and oxygen atoms in total. The molecule has 0 fully saturated rings. The Kier molecular flexibility index (Phi) is 2.97. The van der Waals surface area contributed by atoms with Gasteiger partial charge in [-0.3, -0.25) is 4.79 Å². The number of H-pyrrole nitrogens is 1. The minimum atomic E-state index is -1.01. The summed E-state index contributed by atoms with van der Waals surface area (Å²) in [5.41, 5.74) is 0.244. The van der Waals surface area contributed by atoms with Crippen molar-refractivity contribution in [2.45, 2.75) is 26.7 Å². The molecule has 0 saturated heterocycles. The van der Waals surface area contributed by atoms with Gasteiger partial charge in [-0.1, -0.05) is 6.92 Å². The van der Waals surface area contributed by atoms with Crippen LogP contribution in [0.1, 0.15) is 34.4 Å². The smallest absolute Gasteiger partial charge is 0.346 e. The van der Waals surface area contributed by atoms with Gasteiger partial charge in [0.1, 0.15) is 15.5 Å². The Morgan fingerprint density at radius 1 is 1.53 bits per heavy atom. The van der Waals surface area contributed by atoms with Crippen LogP contribution in [0.25, 0.3) is 10.2 Å². The van der Waals surface area contributed by atoms with Gasteiger partial charge in [0, 0.05) is 6.42 Å². The number of carbonyl (C=O) groups is 1. The number of nitrogens with zero attached hydrogens (tertiary/aromatic N) is 1. The predicted octanol–water partition coefficient (Wildman–Crippen LogP) is 1.94. The molecular weight excluding hydrogens is 240 g/mol. The molecule has 2 aromatic heterocycles. The highest BCUT2D eigenvalue weighted by atomic mass is 32.1. The molecule has 0 atom stereocenters. The molecule has 0 saturated carbocycles. The van der Waals surface area contributed by atoms with Crippen LogP contribution in [0.4, 0.5) is 0 Å². The Morgan fingerprint density at radius 3 is 2.82 bits per heavy atom. The molecule has 0 spiro atoms. The second kappa shape index (κ2) is 4.29. The van der Waals surface area contributed by atoms with Crippen molar-refractivity contribution in [1.29, 1.82) is 0 Å². The van der Waals surface area contributed by atoms with Gasteiger partial charge in [0.2, 0.25) is 0 Å². The van der Waals surface area contributed by atoms with E-state index in [0.29, 0.717) is 28.0 Å². The minimum absolute atomic E-state index is 0.187. The van der Waals surface area contributed by atoms with Crippen LogP contribution in [0.15, 0.2) is 4.79 Å². The molecular formula is C11H12N2O3S. The summed E-state index contributed by atoms with van der Waals surface area (Å²) in [6.07, 6.45) is 1.56. The van der Waals surface area contributed by atoms with Crippen molar-refractivity contribution < 1.29 is 9.90 Å². The number of hydrogen-bond donors (Lipinski definition) is 2. The summed E-state index contributed by atoms with van der Waals surface area (Å²) in [6, 6.07) is 0. The molecule has 0 aliphatic carbocycles. The standard InChI is InChI=1S/C11H12N2O3S/c1-3-4-6-12-9(14)7-5(2)8(11(15)16)17-10(7)13-6/h3-4H2,1-2H3,(H,15,16)(H,12,13,14). The maximum absolute atomic E-state index is 11.8. The van der Waals surface area contributed by atoms with Gasteiger partial charge in [0.25, 0.3) is 5.56 Å². The fourth-order valence-electron chi connectivity index (χ4n) is 1.75. The third-order valence-electron chi connectivity index (χ3n) is 2.53. The van der Waals surface area contributed by atoms with E-state index in [4.69, 9.17) is 5.11 Å². The fourth-order valence-corrected chi connectivity index (χ4v) is 2.79. The quantitative estimate of drug-likeness (QED) is 0.874. The maximum Gasteiger partial charge on any atom is 0.346 e. The normalized spacial score (nSPS) is 10.9. The molecule has 0 amide bonds. The number of carboxylic acid groups (broad SMARTS) is 1. The summed E-state index contributed by atoms with van der Waals surface area (Å²) >= 11 is 1.06. The average molecular weight is 252 g/mol. The molecule has 2 aromatic rings. The van der Waals surface area contributed by atoms with Crippen LogP contribution in [0.3, 0.4) is 0 Å². The summed E-state index contributed by atoms with van der Waals surface area (Å²) < 4.78 is 0. The first kappa shape index (κ1) is 11.8. The van der Waals surface area contributed by atoms with Crippen LogP contribution in [-0.2, 0) is 6.42 Å². The number of thiophene rings is 1. The lowest BCUT2D eigenvalue weighted by Gasteiger charge is -1.97. The summed E-state index contributed by atoms with van der Waals surface area (Å²) in [6.45, 7) is 3.63. The van der Waals surface area contributed by atoms with E-state index in [-0.39, 0.29) is 10.4 Å². The lowest BCUT2D eigenvalue weighted by atomic mass is 10.2. The van der Waals surface area contributed by atoms with Crippen LogP contribution in [0.5, 0.6) is 0 Å². The van der Waals surface area contributed by atoms with Crippen LogP contribution >= 0.6 is 11.3 Å². The molecule has 0 unspecified atom stereocenters. The number of aromatic carboxylic acids is 1. The first-order valence-corrected chi connectivity index (χ1v) is 6.11. The highest BCUT2D eigenvalue weighted by molar-refractivity contribution is 7.20. The average Bonchev–Trinajstić information content (AvgIpc) is 2.56. The van der Waals surface area contributed by atoms with E-state index in [2.05, 4.69) is 9.97 Å². The zero-order chi connectivity index (χ0) is 12.6. The second-order valence-electron chi connectivity index (χ2n) is 3.80. The SMILES string of the molecule is CCCc1nc2sc(C(=O)O)c(C)c2c(=O)[nH]1. The van der Waals surface area contributed by atoms with Crippen molar-refractivity contribution in [2.24, 2.45) is 0 Å². The molecule has 17 heavy (non-hydrogen) atoms. The number of aryl methyl sites for hydroxylation is 2. The van der Waals surface area contributed by atoms with Crippen molar-refractivity contribution >= 4 is 27.5 Å². The lowest BCUT2D eigenvalue weighted by molar-refractivity contribution is 0.0701. The Morgan fingerprint density at radius 2 is 2.24 bits per heavy atom. The van der Waals surface area contributed by atoms with Crippen LogP contribution in [0.2, 0.25) is 0 Å². The molecule has 2 heterocycles.